The Morgan fingerprint density at radius 1 is 0.976 bits per heavy atom. The third-order valence-corrected chi connectivity index (χ3v) is 7.68. The van der Waals surface area contributed by atoms with Gasteiger partial charge in [0.1, 0.15) is 12.6 Å². The van der Waals surface area contributed by atoms with E-state index in [2.05, 4.69) is 5.32 Å². The number of ether oxygens (including phenoxy) is 3. The second-order valence-corrected chi connectivity index (χ2v) is 11.9. The largest absolute Gasteiger partial charge is 0.465 e. The lowest BCUT2D eigenvalue weighted by Gasteiger charge is -2.32. The highest BCUT2D eigenvalue weighted by Crippen LogP contribution is 2.30. The summed E-state index contributed by atoms with van der Waals surface area (Å²) in [5.74, 6) is -0.970. The monoisotopic (exact) mass is 584 g/mol. The average Bonchev–Trinajstić information content (AvgIpc) is 3.10. The van der Waals surface area contributed by atoms with Crippen molar-refractivity contribution in [1.29, 1.82) is 0 Å². The molecule has 0 aliphatic carbocycles. The number of benzene rings is 2. The minimum Gasteiger partial charge on any atom is -0.465 e. The first-order valence-electron chi connectivity index (χ1n) is 13.8. The Kier molecular flexibility index (Phi) is 12.2. The van der Waals surface area contributed by atoms with Crippen LogP contribution in [0.5, 0.6) is 0 Å². The maximum Gasteiger partial charge on any atom is 0.328 e. The van der Waals surface area contributed by atoms with Gasteiger partial charge in [-0.05, 0) is 51.7 Å². The van der Waals surface area contributed by atoms with Crippen molar-refractivity contribution in [1.82, 2.24) is 10.2 Å². The predicted octanol–water partition coefficient (Wildman–Crippen LogP) is 3.92. The standard InChI is InChI=1S/C31H40N2O7S/c1-5-38-29(36)24(17-16-22-12-8-6-9-13-22)32-25-19-41-20-26(23-14-10-7-11-15-23)33(28(25)35)18-27(34)39-21-40-30(37)31(2,3)4/h6-15,24-26,32H,5,16-21H2,1-4H3. The van der Waals surface area contributed by atoms with Crippen molar-refractivity contribution in [3.8, 4) is 0 Å². The van der Waals surface area contributed by atoms with Crippen LogP contribution in [0.1, 0.15) is 51.3 Å². The molecule has 3 unspecified atom stereocenters. The first-order chi connectivity index (χ1) is 19.6. The Hall–Kier alpha value is -3.37. The molecule has 0 spiro atoms. The van der Waals surface area contributed by atoms with Crippen molar-refractivity contribution in [2.24, 2.45) is 5.41 Å². The third kappa shape index (κ3) is 9.89. The van der Waals surface area contributed by atoms with Crippen LogP contribution in [0, 0.1) is 5.41 Å². The molecule has 3 atom stereocenters. The molecule has 3 rings (SSSR count). The molecule has 0 aromatic heterocycles. The summed E-state index contributed by atoms with van der Waals surface area (Å²) >= 11 is 1.57. The van der Waals surface area contributed by atoms with Crippen molar-refractivity contribution >= 4 is 35.6 Å². The van der Waals surface area contributed by atoms with Gasteiger partial charge < -0.3 is 19.1 Å². The van der Waals surface area contributed by atoms with Gasteiger partial charge in [0.05, 0.1) is 24.1 Å². The number of amides is 1. The van der Waals surface area contributed by atoms with Crippen LogP contribution in [0.2, 0.25) is 0 Å². The number of hydrogen-bond acceptors (Lipinski definition) is 9. The Morgan fingerprint density at radius 2 is 1.63 bits per heavy atom. The van der Waals surface area contributed by atoms with E-state index >= 15 is 0 Å². The number of thioether (sulfide) groups is 1. The van der Waals surface area contributed by atoms with E-state index in [9.17, 15) is 19.2 Å². The molecule has 10 heteroatoms. The third-order valence-electron chi connectivity index (χ3n) is 6.56. The zero-order valence-electron chi connectivity index (χ0n) is 24.2. The van der Waals surface area contributed by atoms with Crippen LogP contribution in [0.25, 0.3) is 0 Å². The van der Waals surface area contributed by atoms with Gasteiger partial charge in [0.25, 0.3) is 0 Å². The van der Waals surface area contributed by atoms with E-state index in [1.807, 2.05) is 60.7 Å². The molecule has 41 heavy (non-hydrogen) atoms. The minimum atomic E-state index is -0.738. The molecule has 2 aromatic rings. The van der Waals surface area contributed by atoms with E-state index in [-0.39, 0.29) is 19.1 Å². The highest BCUT2D eigenvalue weighted by Gasteiger charge is 2.37. The smallest absolute Gasteiger partial charge is 0.328 e. The number of carbonyl (C=O) groups is 4. The van der Waals surface area contributed by atoms with Crippen LogP contribution in [-0.4, -0.2) is 72.2 Å². The summed E-state index contributed by atoms with van der Waals surface area (Å²) in [7, 11) is 0. The molecular weight excluding hydrogens is 544 g/mol. The SMILES string of the molecule is CCOC(=O)C(CCc1ccccc1)NC1CSCC(c2ccccc2)N(CC(=O)OCOC(=O)C(C)(C)C)C1=O. The fourth-order valence-corrected chi connectivity index (χ4v) is 5.54. The van der Waals surface area contributed by atoms with E-state index in [4.69, 9.17) is 14.2 Å². The molecule has 1 aliphatic rings. The molecule has 2 aromatic carbocycles. The maximum absolute atomic E-state index is 14.0. The number of hydrogen-bond donors (Lipinski definition) is 1. The summed E-state index contributed by atoms with van der Waals surface area (Å²) in [6, 6.07) is 17.5. The van der Waals surface area contributed by atoms with Gasteiger partial charge in [0.15, 0.2) is 0 Å². The zero-order chi connectivity index (χ0) is 29.8. The highest BCUT2D eigenvalue weighted by molar-refractivity contribution is 7.99. The summed E-state index contributed by atoms with van der Waals surface area (Å²) in [4.78, 5) is 53.2. The van der Waals surface area contributed by atoms with E-state index in [0.29, 0.717) is 24.3 Å². The first kappa shape index (κ1) is 32.1. The predicted molar refractivity (Wildman–Crippen MR) is 157 cm³/mol. The second-order valence-electron chi connectivity index (χ2n) is 10.8. The molecule has 1 N–H and O–H groups in total. The molecule has 0 bridgehead atoms. The molecule has 1 fully saturated rings. The van der Waals surface area contributed by atoms with E-state index < -0.39 is 48.2 Å². The van der Waals surface area contributed by atoms with Crippen LogP contribution in [0.15, 0.2) is 60.7 Å². The number of nitrogens with zero attached hydrogens (tertiary/aromatic N) is 1. The molecule has 1 amide bonds. The summed E-state index contributed by atoms with van der Waals surface area (Å²) in [6.07, 6.45) is 1.07. The molecule has 9 nitrogen and oxygen atoms in total. The molecule has 0 radical (unpaired) electrons. The van der Waals surface area contributed by atoms with Crippen LogP contribution in [0.3, 0.4) is 0 Å². The van der Waals surface area contributed by atoms with Crippen molar-refractivity contribution in [2.45, 2.75) is 58.7 Å². The minimum absolute atomic E-state index is 0.226. The number of rotatable bonds is 12. The Bertz CT molecular complexity index is 1150. The molecule has 222 valence electrons. The number of aryl methyl sites for hydroxylation is 1. The number of nitrogens with one attached hydrogen (secondary N) is 1. The van der Waals surface area contributed by atoms with Gasteiger partial charge in [0, 0.05) is 11.5 Å². The number of esters is 3. The quantitative estimate of drug-likeness (QED) is 0.293. The molecular formula is C31H40N2O7S. The zero-order valence-corrected chi connectivity index (χ0v) is 25.0. The van der Waals surface area contributed by atoms with Gasteiger partial charge in [-0.2, -0.15) is 11.8 Å². The van der Waals surface area contributed by atoms with Gasteiger partial charge >= 0.3 is 17.9 Å². The van der Waals surface area contributed by atoms with Crippen LogP contribution in [0.4, 0.5) is 0 Å². The second kappa shape index (κ2) is 15.6. The Labute approximate surface area is 246 Å². The van der Waals surface area contributed by atoms with Crippen molar-refractivity contribution in [3.05, 3.63) is 71.8 Å². The summed E-state index contributed by atoms with van der Waals surface area (Å²) in [5.41, 5.74) is 1.22. The van der Waals surface area contributed by atoms with E-state index in [1.165, 1.54) is 4.90 Å². The number of carbonyl (C=O) groups excluding carboxylic acids is 4. The average molecular weight is 585 g/mol. The van der Waals surface area contributed by atoms with Crippen molar-refractivity contribution in [2.75, 3.05) is 31.5 Å². The molecule has 1 aliphatic heterocycles. The lowest BCUT2D eigenvalue weighted by atomic mass is 9.98. The van der Waals surface area contributed by atoms with Gasteiger partial charge in [-0.3, -0.25) is 24.5 Å². The fraction of sp³-hybridized carbons (Fsp3) is 0.484. The van der Waals surface area contributed by atoms with Gasteiger partial charge in [0.2, 0.25) is 12.7 Å². The topological polar surface area (TPSA) is 111 Å². The van der Waals surface area contributed by atoms with Gasteiger partial charge in [-0.1, -0.05) is 60.7 Å². The molecule has 0 saturated carbocycles. The van der Waals surface area contributed by atoms with Crippen LogP contribution in [-0.2, 0) is 39.8 Å². The fourth-order valence-electron chi connectivity index (χ4n) is 4.33. The van der Waals surface area contributed by atoms with Crippen molar-refractivity contribution in [3.63, 3.8) is 0 Å². The lowest BCUT2D eigenvalue weighted by molar-refractivity contribution is -0.175. The van der Waals surface area contributed by atoms with Gasteiger partial charge in [-0.25, -0.2) is 0 Å². The molecule has 1 heterocycles. The first-order valence-corrected chi connectivity index (χ1v) is 15.0. The van der Waals surface area contributed by atoms with Crippen LogP contribution < -0.4 is 5.32 Å². The maximum atomic E-state index is 14.0. The van der Waals surface area contributed by atoms with Crippen molar-refractivity contribution < 1.29 is 33.4 Å². The molecule has 1 saturated heterocycles. The van der Waals surface area contributed by atoms with Crippen LogP contribution >= 0.6 is 11.8 Å². The lowest BCUT2D eigenvalue weighted by Crippen LogP contribution is -2.54. The summed E-state index contributed by atoms with van der Waals surface area (Å²) in [5, 5.41) is 3.24. The Balaban J connectivity index is 1.76. The van der Waals surface area contributed by atoms with E-state index in [1.54, 1.807) is 39.5 Å². The Morgan fingerprint density at radius 3 is 2.27 bits per heavy atom. The van der Waals surface area contributed by atoms with E-state index in [0.717, 1.165) is 11.1 Å². The van der Waals surface area contributed by atoms with Gasteiger partial charge in [-0.15, -0.1) is 0 Å². The highest BCUT2D eigenvalue weighted by atomic mass is 32.2. The normalized spacial score (nSPS) is 18.2. The summed E-state index contributed by atoms with van der Waals surface area (Å²) in [6.45, 7) is 6.20. The summed E-state index contributed by atoms with van der Waals surface area (Å²) < 4.78 is 15.6.